The van der Waals surface area contributed by atoms with Crippen molar-refractivity contribution in [1.29, 1.82) is 0 Å². The topological polar surface area (TPSA) is 156 Å². The van der Waals surface area contributed by atoms with Gasteiger partial charge in [0.05, 0.1) is 34.6 Å². The van der Waals surface area contributed by atoms with E-state index in [9.17, 15) is 19.2 Å². The lowest BCUT2D eigenvalue weighted by Crippen LogP contribution is -2.59. The number of benzene rings is 3. The number of likely N-dealkylation sites (tertiary alicyclic amines) is 3. The Morgan fingerprint density at radius 1 is 0.789 bits per heavy atom. The van der Waals surface area contributed by atoms with Crippen LogP contribution in [0.15, 0.2) is 79.1 Å². The number of aromatic nitrogens is 3. The Kier molecular flexibility index (Phi) is 13.2. The average Bonchev–Trinajstić information content (AvgIpc) is 4.18. The van der Waals surface area contributed by atoms with E-state index in [0.29, 0.717) is 87.9 Å². The molecule has 3 aromatic carbocycles. The van der Waals surface area contributed by atoms with Crippen molar-refractivity contribution in [1.82, 2.24) is 34.6 Å². The molecular formula is C60H71FN10O5. The number of carbonyl (C=O) groups excluding carboxylic acids is 5. The molecule has 5 amide bonds. The SMILES string of the molecule is CC(C)n1cnc2cc(-c3ccc4c(c3)N([C@H]3C[C@@H](N5CCCCC5)C3)C(=O)C43CCN(C(=O)C4(C)CCN(C(=O)C5CCN(c6ccc(C7CCC(=O)NC7=O)cc6)CC5)CC4)CC3)nc(Nc3ccccc3F)c21. The second kappa shape index (κ2) is 20.0. The molecule has 1 atom stereocenters. The maximum atomic E-state index is 15.4. The van der Waals surface area contributed by atoms with Crippen LogP contribution < -0.4 is 20.4 Å². The van der Waals surface area contributed by atoms with Gasteiger partial charge in [0.25, 0.3) is 0 Å². The molecule has 5 aromatic rings. The number of pyridine rings is 1. The number of nitrogens with zero attached hydrogens (tertiary/aromatic N) is 8. The molecule has 1 spiro atoms. The minimum absolute atomic E-state index is 0.0649. The summed E-state index contributed by atoms with van der Waals surface area (Å²) in [5, 5.41) is 5.74. The molecule has 1 saturated carbocycles. The quantitative estimate of drug-likeness (QED) is 0.130. The molecular weight excluding hydrogens is 960 g/mol. The number of anilines is 4. The summed E-state index contributed by atoms with van der Waals surface area (Å²) in [5.41, 5.74) is 5.95. The van der Waals surface area contributed by atoms with E-state index < -0.39 is 10.8 Å². The molecule has 15 nitrogen and oxygen atoms in total. The number of carbonyl (C=O) groups is 5. The third-order valence-corrected chi connectivity index (χ3v) is 18.6. The molecule has 0 radical (unpaired) electrons. The maximum Gasteiger partial charge on any atom is 0.238 e. The Labute approximate surface area is 444 Å². The average molecular weight is 1030 g/mol. The van der Waals surface area contributed by atoms with Crippen LogP contribution in [0.5, 0.6) is 0 Å². The van der Waals surface area contributed by atoms with Crippen LogP contribution in [0.2, 0.25) is 0 Å². The van der Waals surface area contributed by atoms with Gasteiger partial charge in [0.15, 0.2) is 5.82 Å². The smallest absolute Gasteiger partial charge is 0.238 e. The van der Waals surface area contributed by atoms with E-state index >= 15 is 9.18 Å². The van der Waals surface area contributed by atoms with Gasteiger partial charge in [0, 0.05) is 92.1 Å². The summed E-state index contributed by atoms with van der Waals surface area (Å²) >= 11 is 0. The molecule has 5 saturated heterocycles. The molecule has 16 heteroatoms. The number of amides is 5. The number of hydrogen-bond donors (Lipinski definition) is 2. The molecule has 1 aliphatic carbocycles. The first kappa shape index (κ1) is 50.2. The molecule has 0 bridgehead atoms. The van der Waals surface area contributed by atoms with Crippen LogP contribution in [-0.4, -0.2) is 123 Å². The fourth-order valence-corrected chi connectivity index (χ4v) is 13.8. The van der Waals surface area contributed by atoms with Crippen molar-refractivity contribution in [3.63, 3.8) is 0 Å². The predicted molar refractivity (Wildman–Crippen MR) is 291 cm³/mol. The number of para-hydroxylation sites is 1. The van der Waals surface area contributed by atoms with E-state index in [4.69, 9.17) is 9.97 Å². The first-order chi connectivity index (χ1) is 36.8. The van der Waals surface area contributed by atoms with Crippen LogP contribution in [0.25, 0.3) is 22.3 Å². The normalized spacial score (nSPS) is 24.0. The molecule has 2 N–H and O–H groups in total. The van der Waals surface area contributed by atoms with Crippen molar-refractivity contribution in [3.8, 4) is 11.3 Å². The third kappa shape index (κ3) is 9.01. The summed E-state index contributed by atoms with van der Waals surface area (Å²) in [4.78, 5) is 89.0. The number of halogens is 1. The molecule has 76 heavy (non-hydrogen) atoms. The monoisotopic (exact) mass is 1030 g/mol. The molecule has 2 aromatic heterocycles. The van der Waals surface area contributed by atoms with Crippen LogP contribution in [-0.2, 0) is 29.4 Å². The van der Waals surface area contributed by atoms with Crippen molar-refractivity contribution >= 4 is 63.4 Å². The number of imidazole rings is 1. The zero-order valence-corrected chi connectivity index (χ0v) is 44.2. The molecule has 8 heterocycles. The highest BCUT2D eigenvalue weighted by atomic mass is 19.1. The first-order valence-corrected chi connectivity index (χ1v) is 28.2. The van der Waals surface area contributed by atoms with Crippen LogP contribution >= 0.6 is 0 Å². The van der Waals surface area contributed by atoms with E-state index in [2.05, 4.69) is 64.3 Å². The maximum absolute atomic E-state index is 15.4. The number of nitrogens with one attached hydrogen (secondary N) is 2. The summed E-state index contributed by atoms with van der Waals surface area (Å²) in [5.74, 6) is -0.263. The van der Waals surface area contributed by atoms with E-state index in [1.54, 1.807) is 24.5 Å². The van der Waals surface area contributed by atoms with Crippen molar-refractivity contribution in [2.45, 2.75) is 134 Å². The highest BCUT2D eigenvalue weighted by molar-refractivity contribution is 6.10. The summed E-state index contributed by atoms with van der Waals surface area (Å²) in [6.07, 6.45) is 12.1. The van der Waals surface area contributed by atoms with E-state index in [-0.39, 0.29) is 59.3 Å². The predicted octanol–water partition coefficient (Wildman–Crippen LogP) is 8.85. The fourth-order valence-electron chi connectivity index (χ4n) is 13.8. The van der Waals surface area contributed by atoms with Gasteiger partial charge in [-0.3, -0.25) is 29.3 Å². The van der Waals surface area contributed by atoms with Crippen molar-refractivity contribution in [2.24, 2.45) is 11.3 Å². The zero-order valence-electron chi connectivity index (χ0n) is 44.2. The summed E-state index contributed by atoms with van der Waals surface area (Å²) in [7, 11) is 0. The van der Waals surface area contributed by atoms with Crippen LogP contribution in [0.4, 0.5) is 27.3 Å². The van der Waals surface area contributed by atoms with Gasteiger partial charge < -0.3 is 34.4 Å². The van der Waals surface area contributed by atoms with Crippen molar-refractivity contribution in [2.75, 3.05) is 67.5 Å². The van der Waals surface area contributed by atoms with Crippen molar-refractivity contribution in [3.05, 3.63) is 96.1 Å². The van der Waals surface area contributed by atoms with E-state index in [1.807, 2.05) is 44.7 Å². The van der Waals surface area contributed by atoms with Gasteiger partial charge in [-0.1, -0.05) is 49.7 Å². The van der Waals surface area contributed by atoms with E-state index in [0.717, 1.165) is 91.0 Å². The van der Waals surface area contributed by atoms with E-state index in [1.165, 1.54) is 25.3 Å². The van der Waals surface area contributed by atoms with Gasteiger partial charge in [0.2, 0.25) is 29.5 Å². The van der Waals surface area contributed by atoms with Gasteiger partial charge in [-0.05, 0) is 145 Å². The number of imide groups is 1. The molecule has 6 aliphatic heterocycles. The molecule has 6 fully saturated rings. The second-order valence-corrected chi connectivity index (χ2v) is 23.5. The Hall–Kier alpha value is -6.68. The van der Waals surface area contributed by atoms with Crippen LogP contribution in [0.3, 0.4) is 0 Å². The number of hydrogen-bond acceptors (Lipinski definition) is 10. The number of fused-ring (bicyclic) bond motifs is 3. The second-order valence-electron chi connectivity index (χ2n) is 23.5. The van der Waals surface area contributed by atoms with Gasteiger partial charge in [0.1, 0.15) is 11.3 Å². The first-order valence-electron chi connectivity index (χ1n) is 28.2. The Bertz CT molecular complexity index is 3070. The molecule has 12 rings (SSSR count). The summed E-state index contributed by atoms with van der Waals surface area (Å²) in [6, 6.07) is 23.6. The third-order valence-electron chi connectivity index (χ3n) is 18.6. The molecule has 1 unspecified atom stereocenters. The van der Waals surface area contributed by atoms with Crippen LogP contribution in [0.1, 0.15) is 127 Å². The van der Waals surface area contributed by atoms with Gasteiger partial charge in [-0.2, -0.15) is 0 Å². The minimum Gasteiger partial charge on any atom is -0.371 e. The zero-order chi connectivity index (χ0) is 52.5. The fraction of sp³-hybridized carbons (Fsp3) is 0.517. The largest absolute Gasteiger partial charge is 0.371 e. The Balaban J connectivity index is 0.722. The molecule has 398 valence electrons. The highest BCUT2D eigenvalue weighted by Crippen LogP contribution is 2.53. The molecule has 7 aliphatic rings. The van der Waals surface area contributed by atoms with Gasteiger partial charge in [-0.15, -0.1) is 0 Å². The Morgan fingerprint density at radius 3 is 2.20 bits per heavy atom. The van der Waals surface area contributed by atoms with Gasteiger partial charge in [-0.25, -0.2) is 14.4 Å². The highest BCUT2D eigenvalue weighted by Gasteiger charge is 2.56. The standard InChI is InChI=1S/C60H71FN10O5/c1-38(2)70-37-62-50-36-49(64-54(53(50)70)63-48-10-6-5-9-47(48)61)41-13-17-46-51(33-41)71(44-34-43(35-44)66-25-7-4-8-26-66)58(76)60(46)23-31-69(32-24-60)57(75)59(3)21-29-68(30-22-59)56(74)40-19-27-67(28-20-40)42-14-11-39(12-15-42)45-16-18-52(72)65-55(45)73/h5-6,9-15,17,33,36-38,40,43-45H,4,7-8,16,18-32,34-35H2,1-3H3,(H,63,64)(H,65,72,73)/t43-,44+,45?. The summed E-state index contributed by atoms with van der Waals surface area (Å²) in [6.45, 7) is 12.0. The Morgan fingerprint density at radius 2 is 1.50 bits per heavy atom. The lowest BCUT2D eigenvalue weighted by Gasteiger charge is -2.48. The minimum atomic E-state index is -0.753. The lowest BCUT2D eigenvalue weighted by molar-refractivity contribution is -0.150. The van der Waals surface area contributed by atoms with Gasteiger partial charge >= 0.3 is 0 Å². The number of rotatable bonds is 10. The van der Waals surface area contributed by atoms with Crippen molar-refractivity contribution < 1.29 is 28.4 Å². The summed E-state index contributed by atoms with van der Waals surface area (Å²) < 4.78 is 17.2. The lowest BCUT2D eigenvalue weighted by atomic mass is 9.72. The number of piperidine rings is 5. The van der Waals surface area contributed by atoms with Crippen LogP contribution in [0, 0.1) is 17.2 Å².